The molecule has 0 saturated carbocycles. The minimum atomic E-state index is -0.430. The molecule has 0 aliphatic heterocycles. The fraction of sp³-hybridized carbons (Fsp3) is 0.0333. The summed E-state index contributed by atoms with van der Waals surface area (Å²) in [7, 11) is 0. The Morgan fingerprint density at radius 2 is 1.62 bits per heavy atom. The van der Waals surface area contributed by atoms with Crippen molar-refractivity contribution in [2.45, 2.75) is 6.61 Å². The van der Waals surface area contributed by atoms with Gasteiger partial charge in [0.15, 0.2) is 0 Å². The Bertz CT molecular complexity index is 1720. The first-order valence-corrected chi connectivity index (χ1v) is 14.2. The van der Waals surface area contributed by atoms with E-state index in [-0.39, 0.29) is 18.2 Å². The van der Waals surface area contributed by atoms with Gasteiger partial charge in [-0.2, -0.15) is 5.10 Å². The van der Waals surface area contributed by atoms with E-state index in [0.29, 0.717) is 17.0 Å². The smallest absolute Gasteiger partial charge is 0.272 e. The lowest BCUT2D eigenvalue weighted by Gasteiger charge is -2.11. The number of non-ortho nitro benzene ring substituents is 1. The predicted molar refractivity (Wildman–Crippen MR) is 172 cm³/mol. The number of nitro benzene ring substituents is 1. The van der Waals surface area contributed by atoms with Crippen LogP contribution in [0.25, 0.3) is 22.2 Å². The fourth-order valence-corrected chi connectivity index (χ4v) is 6.13. The molecule has 0 spiro atoms. The summed E-state index contributed by atoms with van der Waals surface area (Å²) in [5, 5.41) is 15.8. The molecular weight excluding hydrogens is 734 g/mol. The lowest BCUT2D eigenvalue weighted by Crippen LogP contribution is -2.18. The summed E-state index contributed by atoms with van der Waals surface area (Å²) >= 11 is 4.37. The van der Waals surface area contributed by atoms with E-state index in [0.717, 1.165) is 34.7 Å². The first-order chi connectivity index (χ1) is 19.4. The van der Waals surface area contributed by atoms with Gasteiger partial charge < -0.3 is 4.74 Å². The van der Waals surface area contributed by atoms with E-state index in [1.807, 2.05) is 66.7 Å². The quantitative estimate of drug-likeness (QED) is 0.0772. The molecule has 0 aliphatic rings. The Labute approximate surface area is 256 Å². The van der Waals surface area contributed by atoms with Crippen LogP contribution in [0.15, 0.2) is 102 Å². The van der Waals surface area contributed by atoms with Gasteiger partial charge in [-0.25, -0.2) is 10.4 Å². The number of nitro groups is 1. The number of aromatic nitrogens is 1. The van der Waals surface area contributed by atoms with Gasteiger partial charge in [0.1, 0.15) is 12.4 Å². The average molecular weight is 754 g/mol. The molecule has 5 rings (SSSR count). The van der Waals surface area contributed by atoms with Gasteiger partial charge in [0.25, 0.3) is 11.6 Å². The Kier molecular flexibility index (Phi) is 8.65. The second-order valence-electron chi connectivity index (χ2n) is 8.66. The molecule has 1 aromatic heterocycles. The van der Waals surface area contributed by atoms with Crippen molar-refractivity contribution >= 4 is 73.9 Å². The van der Waals surface area contributed by atoms with Gasteiger partial charge in [-0.3, -0.25) is 14.9 Å². The van der Waals surface area contributed by atoms with Crippen molar-refractivity contribution in [2.75, 3.05) is 0 Å². The van der Waals surface area contributed by atoms with Gasteiger partial charge in [0.2, 0.25) is 0 Å². The van der Waals surface area contributed by atoms with Crippen molar-refractivity contribution in [1.29, 1.82) is 0 Å². The van der Waals surface area contributed by atoms with Gasteiger partial charge in [0, 0.05) is 23.1 Å². The standard InChI is InChI=1S/C30H20I2N4O4/c31-25-14-20(15-26(32)29(25)40-18-19-10-12-22(13-11-19)36(38)39)17-33-35-30(37)24-16-28(21-6-2-1-3-7-21)34-27-9-5-4-8-23(24)27/h1-17H,18H2,(H,35,37)/b33-17+. The summed E-state index contributed by atoms with van der Waals surface area (Å²) < 4.78 is 7.73. The van der Waals surface area contributed by atoms with Gasteiger partial charge in [-0.1, -0.05) is 48.5 Å². The molecule has 1 amide bonds. The number of fused-ring (bicyclic) bond motifs is 1. The number of pyridine rings is 1. The van der Waals surface area contributed by atoms with Crippen LogP contribution in [0.3, 0.4) is 0 Å². The molecule has 0 fully saturated rings. The second kappa shape index (κ2) is 12.5. The van der Waals surface area contributed by atoms with E-state index >= 15 is 0 Å². The van der Waals surface area contributed by atoms with Gasteiger partial charge in [0.05, 0.1) is 35.1 Å². The molecule has 4 aromatic carbocycles. The first-order valence-electron chi connectivity index (χ1n) is 12.0. The molecule has 0 bridgehead atoms. The summed E-state index contributed by atoms with van der Waals surface area (Å²) in [4.78, 5) is 28.3. The number of halogens is 2. The van der Waals surface area contributed by atoms with Crippen LogP contribution in [0.4, 0.5) is 5.69 Å². The highest BCUT2D eigenvalue weighted by Gasteiger charge is 2.14. The van der Waals surface area contributed by atoms with E-state index in [4.69, 9.17) is 9.72 Å². The zero-order chi connectivity index (χ0) is 28.1. The van der Waals surface area contributed by atoms with Crippen LogP contribution in [0.5, 0.6) is 5.75 Å². The number of carbonyl (C=O) groups excluding carboxylic acids is 1. The van der Waals surface area contributed by atoms with Gasteiger partial charge >= 0.3 is 0 Å². The average Bonchev–Trinajstić information content (AvgIpc) is 2.96. The third-order valence-corrected chi connectivity index (χ3v) is 7.56. The molecule has 0 atom stereocenters. The summed E-state index contributed by atoms with van der Waals surface area (Å²) in [6.07, 6.45) is 1.59. The predicted octanol–water partition coefficient (Wildman–Crippen LogP) is 7.36. The second-order valence-corrected chi connectivity index (χ2v) is 11.0. The van der Waals surface area contributed by atoms with Gasteiger partial charge in [-0.05, 0) is 92.7 Å². The molecule has 0 aliphatic carbocycles. The van der Waals surface area contributed by atoms with Crippen molar-refractivity contribution in [1.82, 2.24) is 10.4 Å². The van der Waals surface area contributed by atoms with Crippen molar-refractivity contribution in [3.63, 3.8) is 0 Å². The third-order valence-electron chi connectivity index (χ3n) is 5.96. The van der Waals surface area contributed by atoms with Crippen molar-refractivity contribution in [3.8, 4) is 17.0 Å². The van der Waals surface area contributed by atoms with Crippen LogP contribution in [0.2, 0.25) is 0 Å². The number of amides is 1. The first kappa shape index (κ1) is 27.6. The monoisotopic (exact) mass is 754 g/mol. The van der Waals surface area contributed by atoms with Crippen molar-refractivity contribution < 1.29 is 14.5 Å². The Morgan fingerprint density at radius 1 is 0.950 bits per heavy atom. The molecule has 8 nitrogen and oxygen atoms in total. The van der Waals surface area contributed by atoms with E-state index in [1.165, 1.54) is 12.1 Å². The minimum Gasteiger partial charge on any atom is -0.487 e. The normalized spacial score (nSPS) is 11.1. The lowest BCUT2D eigenvalue weighted by molar-refractivity contribution is -0.384. The molecule has 1 heterocycles. The Hall–Kier alpha value is -3.91. The maximum Gasteiger partial charge on any atom is 0.272 e. The largest absolute Gasteiger partial charge is 0.487 e. The Morgan fingerprint density at radius 3 is 2.33 bits per heavy atom. The maximum atomic E-state index is 13.2. The summed E-state index contributed by atoms with van der Waals surface area (Å²) in [6.45, 7) is 0.276. The number of hydrazone groups is 1. The number of rotatable bonds is 8. The number of hydrogen-bond donors (Lipinski definition) is 1. The zero-order valence-electron chi connectivity index (χ0n) is 20.8. The highest BCUT2D eigenvalue weighted by molar-refractivity contribution is 14.1. The number of nitrogens with one attached hydrogen (secondary N) is 1. The van der Waals surface area contributed by atoms with Crippen molar-refractivity contribution in [3.05, 3.63) is 131 Å². The van der Waals surface area contributed by atoms with E-state index in [9.17, 15) is 14.9 Å². The number of ether oxygens (including phenoxy) is 1. The number of hydrogen-bond acceptors (Lipinski definition) is 6. The van der Waals surface area contributed by atoms with Crippen LogP contribution < -0.4 is 10.2 Å². The number of para-hydroxylation sites is 1. The van der Waals surface area contributed by atoms with Crippen LogP contribution in [0.1, 0.15) is 21.5 Å². The molecule has 0 unspecified atom stereocenters. The Balaban J connectivity index is 1.30. The van der Waals surface area contributed by atoms with Crippen LogP contribution in [-0.4, -0.2) is 22.0 Å². The molecule has 0 radical (unpaired) electrons. The molecular formula is C30H20I2N4O4. The van der Waals surface area contributed by atoms with Crippen LogP contribution in [-0.2, 0) is 6.61 Å². The van der Waals surface area contributed by atoms with Crippen molar-refractivity contribution in [2.24, 2.45) is 5.10 Å². The summed E-state index contributed by atoms with van der Waals surface area (Å²) in [6, 6.07) is 29.1. The number of benzene rings is 4. The molecule has 10 heteroatoms. The zero-order valence-corrected chi connectivity index (χ0v) is 25.1. The van der Waals surface area contributed by atoms with E-state index in [2.05, 4.69) is 55.7 Å². The fourth-order valence-electron chi connectivity index (χ4n) is 4.01. The summed E-state index contributed by atoms with van der Waals surface area (Å²) in [5.41, 5.74) is 7.15. The van der Waals surface area contributed by atoms with Crippen LogP contribution in [0, 0.1) is 17.3 Å². The highest BCUT2D eigenvalue weighted by atomic mass is 127. The van der Waals surface area contributed by atoms with E-state index in [1.54, 1.807) is 24.4 Å². The topological polar surface area (TPSA) is 107 Å². The van der Waals surface area contributed by atoms with Gasteiger partial charge in [-0.15, -0.1) is 0 Å². The molecule has 5 aromatic rings. The summed E-state index contributed by atoms with van der Waals surface area (Å²) in [5.74, 6) is 0.372. The number of nitrogens with zero attached hydrogens (tertiary/aromatic N) is 3. The molecule has 198 valence electrons. The van der Waals surface area contributed by atoms with E-state index < -0.39 is 4.92 Å². The minimum absolute atomic E-state index is 0.0393. The molecule has 40 heavy (non-hydrogen) atoms. The third kappa shape index (κ3) is 6.45. The highest BCUT2D eigenvalue weighted by Crippen LogP contribution is 2.30. The number of carbonyl (C=O) groups is 1. The molecule has 0 saturated heterocycles. The molecule has 1 N–H and O–H groups in total. The maximum absolute atomic E-state index is 13.2. The SMILES string of the molecule is O=C(N/N=C/c1cc(I)c(OCc2ccc([N+](=O)[O-])cc2)c(I)c1)c1cc(-c2ccccc2)nc2ccccc12. The lowest BCUT2D eigenvalue weighted by atomic mass is 10.0. The van der Waals surface area contributed by atoms with Crippen LogP contribution >= 0.6 is 45.2 Å².